The average molecular weight is 194 g/mol. The van der Waals surface area contributed by atoms with Crippen LogP contribution in [0.3, 0.4) is 0 Å². The van der Waals surface area contributed by atoms with Gasteiger partial charge in [0.2, 0.25) is 0 Å². The van der Waals surface area contributed by atoms with Crippen molar-refractivity contribution in [2.75, 3.05) is 6.26 Å². The molecular formula is C10H10S2. The van der Waals surface area contributed by atoms with Crippen molar-refractivity contribution in [2.45, 2.75) is 11.8 Å². The van der Waals surface area contributed by atoms with Crippen LogP contribution in [0.15, 0.2) is 28.5 Å². The van der Waals surface area contributed by atoms with Crippen molar-refractivity contribution in [1.29, 1.82) is 0 Å². The lowest BCUT2D eigenvalue weighted by Gasteiger charge is -1.95. The van der Waals surface area contributed by atoms with E-state index >= 15 is 0 Å². The summed E-state index contributed by atoms with van der Waals surface area (Å²) in [6.45, 7) is 2.17. The summed E-state index contributed by atoms with van der Waals surface area (Å²) in [6.07, 6.45) is 2.11. The minimum atomic E-state index is 1.35. The van der Waals surface area contributed by atoms with Gasteiger partial charge in [0, 0.05) is 9.77 Å². The maximum absolute atomic E-state index is 2.25. The maximum atomic E-state index is 2.25. The molecule has 0 aliphatic carbocycles. The second kappa shape index (κ2) is 3.11. The van der Waals surface area contributed by atoms with E-state index in [0.29, 0.717) is 0 Å². The molecule has 0 radical (unpaired) electrons. The lowest BCUT2D eigenvalue weighted by molar-refractivity contribution is 1.52. The van der Waals surface area contributed by atoms with E-state index in [4.69, 9.17) is 0 Å². The van der Waals surface area contributed by atoms with E-state index in [9.17, 15) is 0 Å². The first kappa shape index (κ1) is 8.14. The summed E-state index contributed by atoms with van der Waals surface area (Å²) in [7, 11) is 0. The molecule has 2 heteroatoms. The number of hydrogen-bond donors (Lipinski definition) is 0. The highest BCUT2D eigenvalue weighted by atomic mass is 32.2. The van der Waals surface area contributed by atoms with Gasteiger partial charge in [-0.25, -0.2) is 0 Å². The molecule has 1 heterocycles. The van der Waals surface area contributed by atoms with Gasteiger partial charge in [-0.05, 0) is 41.5 Å². The highest BCUT2D eigenvalue weighted by molar-refractivity contribution is 7.98. The maximum Gasteiger partial charge on any atom is 0.00928 e. The standard InChI is InChI=1S/C10H10S2/c1-7-10-4-3-9(11-2)5-8(10)6-12-7/h3-6H,1-2H3. The Hall–Kier alpha value is -0.470. The fourth-order valence-corrected chi connectivity index (χ4v) is 2.56. The smallest absolute Gasteiger partial charge is 0.00928 e. The Morgan fingerprint density at radius 3 is 2.92 bits per heavy atom. The van der Waals surface area contributed by atoms with Crippen molar-refractivity contribution in [3.05, 3.63) is 28.5 Å². The molecule has 0 saturated carbocycles. The molecule has 0 saturated heterocycles. The van der Waals surface area contributed by atoms with Gasteiger partial charge in [0.05, 0.1) is 0 Å². The van der Waals surface area contributed by atoms with Crippen LogP contribution in [0.5, 0.6) is 0 Å². The number of aryl methyl sites for hydroxylation is 1. The third-order valence-electron chi connectivity index (χ3n) is 2.00. The highest BCUT2D eigenvalue weighted by Crippen LogP contribution is 2.28. The summed E-state index contributed by atoms with van der Waals surface area (Å²) in [5.74, 6) is 0. The molecular weight excluding hydrogens is 184 g/mol. The highest BCUT2D eigenvalue weighted by Gasteiger charge is 1.99. The van der Waals surface area contributed by atoms with Gasteiger partial charge >= 0.3 is 0 Å². The minimum absolute atomic E-state index is 1.35. The Kier molecular flexibility index (Phi) is 2.11. The third-order valence-corrected chi connectivity index (χ3v) is 3.67. The summed E-state index contributed by atoms with van der Waals surface area (Å²) in [4.78, 5) is 2.76. The normalized spacial score (nSPS) is 10.8. The summed E-state index contributed by atoms with van der Waals surface area (Å²) in [6, 6.07) is 6.66. The number of benzene rings is 1. The molecule has 0 atom stereocenters. The first-order valence-electron chi connectivity index (χ1n) is 3.83. The number of thioether (sulfide) groups is 1. The van der Waals surface area contributed by atoms with Crippen LogP contribution < -0.4 is 0 Å². The van der Waals surface area contributed by atoms with E-state index in [2.05, 4.69) is 36.8 Å². The number of thiophene rings is 1. The predicted octanol–water partition coefficient (Wildman–Crippen LogP) is 3.93. The summed E-state index contributed by atoms with van der Waals surface area (Å²) >= 11 is 3.63. The first-order chi connectivity index (χ1) is 5.81. The van der Waals surface area contributed by atoms with Crippen molar-refractivity contribution in [1.82, 2.24) is 0 Å². The van der Waals surface area contributed by atoms with Crippen LogP contribution in [0.1, 0.15) is 4.88 Å². The Balaban J connectivity index is 2.69. The zero-order chi connectivity index (χ0) is 8.55. The average Bonchev–Trinajstić information content (AvgIpc) is 2.47. The van der Waals surface area contributed by atoms with Gasteiger partial charge in [0.15, 0.2) is 0 Å². The zero-order valence-electron chi connectivity index (χ0n) is 7.13. The monoisotopic (exact) mass is 194 g/mol. The summed E-state index contributed by atoms with van der Waals surface area (Å²) in [5, 5.41) is 5.01. The molecule has 0 fully saturated rings. The molecule has 0 amide bonds. The molecule has 1 aromatic carbocycles. The molecule has 2 rings (SSSR count). The van der Waals surface area contributed by atoms with E-state index in [-0.39, 0.29) is 0 Å². The topological polar surface area (TPSA) is 0 Å². The van der Waals surface area contributed by atoms with E-state index in [1.165, 1.54) is 20.5 Å². The molecule has 0 nitrogen and oxygen atoms in total. The molecule has 0 N–H and O–H groups in total. The molecule has 0 spiro atoms. The molecule has 0 unspecified atom stereocenters. The lowest BCUT2D eigenvalue weighted by atomic mass is 10.2. The van der Waals surface area contributed by atoms with Gasteiger partial charge in [-0.15, -0.1) is 23.1 Å². The quantitative estimate of drug-likeness (QED) is 0.620. The SMILES string of the molecule is CSc1ccc2c(C)scc2c1. The van der Waals surface area contributed by atoms with Crippen LogP contribution >= 0.6 is 23.1 Å². The van der Waals surface area contributed by atoms with Crippen LogP contribution in [0.4, 0.5) is 0 Å². The molecule has 62 valence electrons. The van der Waals surface area contributed by atoms with E-state index in [0.717, 1.165) is 0 Å². The number of rotatable bonds is 1. The van der Waals surface area contributed by atoms with E-state index < -0.39 is 0 Å². The Morgan fingerprint density at radius 2 is 2.17 bits per heavy atom. The fourth-order valence-electron chi connectivity index (χ4n) is 1.30. The van der Waals surface area contributed by atoms with Crippen molar-refractivity contribution in [2.24, 2.45) is 0 Å². The van der Waals surface area contributed by atoms with E-state index in [1.54, 1.807) is 11.8 Å². The molecule has 1 aromatic heterocycles. The van der Waals surface area contributed by atoms with Crippen molar-refractivity contribution >= 4 is 33.9 Å². The van der Waals surface area contributed by atoms with Crippen LogP contribution in [-0.2, 0) is 0 Å². The largest absolute Gasteiger partial charge is 0.148 e. The second-order valence-electron chi connectivity index (χ2n) is 2.75. The van der Waals surface area contributed by atoms with Crippen molar-refractivity contribution in [3.63, 3.8) is 0 Å². The minimum Gasteiger partial charge on any atom is -0.148 e. The molecule has 2 aromatic rings. The van der Waals surface area contributed by atoms with Gasteiger partial charge in [0.1, 0.15) is 0 Å². The van der Waals surface area contributed by atoms with Gasteiger partial charge in [-0.2, -0.15) is 0 Å². The van der Waals surface area contributed by atoms with Gasteiger partial charge < -0.3 is 0 Å². The molecule has 0 aliphatic rings. The Labute approximate surface area is 80.6 Å². The van der Waals surface area contributed by atoms with Gasteiger partial charge in [-0.1, -0.05) is 6.07 Å². The third kappa shape index (κ3) is 1.25. The second-order valence-corrected chi connectivity index (χ2v) is 4.71. The fraction of sp³-hybridized carbons (Fsp3) is 0.200. The Bertz CT molecular complexity index is 401. The van der Waals surface area contributed by atoms with Crippen molar-refractivity contribution < 1.29 is 0 Å². The predicted molar refractivity (Wildman–Crippen MR) is 58.3 cm³/mol. The summed E-state index contributed by atoms with van der Waals surface area (Å²) in [5.41, 5.74) is 0. The van der Waals surface area contributed by atoms with Crippen molar-refractivity contribution in [3.8, 4) is 0 Å². The Morgan fingerprint density at radius 1 is 1.33 bits per heavy atom. The zero-order valence-corrected chi connectivity index (χ0v) is 8.76. The van der Waals surface area contributed by atoms with Crippen LogP contribution in [0.25, 0.3) is 10.8 Å². The molecule has 0 aliphatic heterocycles. The van der Waals surface area contributed by atoms with Crippen LogP contribution in [0.2, 0.25) is 0 Å². The van der Waals surface area contributed by atoms with Gasteiger partial charge in [0.25, 0.3) is 0 Å². The van der Waals surface area contributed by atoms with Crippen LogP contribution in [-0.4, -0.2) is 6.26 Å². The number of fused-ring (bicyclic) bond motifs is 1. The van der Waals surface area contributed by atoms with E-state index in [1.807, 2.05) is 11.3 Å². The lowest BCUT2D eigenvalue weighted by Crippen LogP contribution is -1.70. The number of hydrogen-bond acceptors (Lipinski definition) is 2. The molecule has 0 bridgehead atoms. The first-order valence-corrected chi connectivity index (χ1v) is 5.93. The molecule has 12 heavy (non-hydrogen) atoms. The van der Waals surface area contributed by atoms with Gasteiger partial charge in [-0.3, -0.25) is 0 Å². The summed E-state index contributed by atoms with van der Waals surface area (Å²) < 4.78 is 0. The van der Waals surface area contributed by atoms with Crippen LogP contribution in [0, 0.1) is 6.92 Å².